The van der Waals surface area contributed by atoms with Crippen molar-refractivity contribution in [2.45, 2.75) is 26.3 Å². The lowest BCUT2D eigenvalue weighted by atomic mass is 10.0. The molecule has 2 N–H and O–H groups in total. The van der Waals surface area contributed by atoms with Crippen LogP contribution < -0.4 is 5.32 Å². The Morgan fingerprint density at radius 3 is 2.76 bits per heavy atom. The number of hydrogen-bond acceptors (Lipinski definition) is 7. The van der Waals surface area contributed by atoms with Gasteiger partial charge in [-0.2, -0.15) is 5.10 Å². The van der Waals surface area contributed by atoms with Crippen molar-refractivity contribution in [1.29, 1.82) is 0 Å². The van der Waals surface area contributed by atoms with Gasteiger partial charge in [0.1, 0.15) is 5.82 Å². The minimum Gasteiger partial charge on any atom is -0.350 e. The Labute approximate surface area is 166 Å². The first-order valence-electron chi connectivity index (χ1n) is 9.29. The van der Waals surface area contributed by atoms with Gasteiger partial charge >= 0.3 is 0 Å². The topological polar surface area (TPSA) is 130 Å². The molecule has 0 saturated carbocycles. The van der Waals surface area contributed by atoms with Crippen LogP contribution in [0.5, 0.6) is 0 Å². The van der Waals surface area contributed by atoms with Crippen molar-refractivity contribution in [3.63, 3.8) is 0 Å². The van der Waals surface area contributed by atoms with E-state index in [0.717, 1.165) is 17.0 Å². The standard InChI is InChI=1S/C19H20N8O2/c1-12-23-8-13(9-24-12)19(29)27-7-3-15-16(11-27)25-26-17(15)18(28)22-4-2-14-10-20-5-6-21-14/h5-6,8-10H,2-4,7,11H2,1H3,(H,22,28)(H,25,26). The third-order valence-corrected chi connectivity index (χ3v) is 4.75. The van der Waals surface area contributed by atoms with Crippen molar-refractivity contribution < 1.29 is 9.59 Å². The fourth-order valence-electron chi connectivity index (χ4n) is 3.21. The van der Waals surface area contributed by atoms with Gasteiger partial charge in [0.25, 0.3) is 11.8 Å². The fraction of sp³-hybridized carbons (Fsp3) is 0.316. The summed E-state index contributed by atoms with van der Waals surface area (Å²) in [6.45, 7) is 3.07. The summed E-state index contributed by atoms with van der Waals surface area (Å²) >= 11 is 0. The Kier molecular flexibility index (Phi) is 5.23. The zero-order chi connectivity index (χ0) is 20.2. The molecule has 0 atom stereocenters. The molecule has 10 heteroatoms. The fourth-order valence-corrected chi connectivity index (χ4v) is 3.21. The van der Waals surface area contributed by atoms with Crippen molar-refractivity contribution >= 4 is 11.8 Å². The maximum Gasteiger partial charge on any atom is 0.272 e. The molecular formula is C19H20N8O2. The quantitative estimate of drug-likeness (QED) is 0.645. The van der Waals surface area contributed by atoms with E-state index in [1.54, 1.807) is 30.4 Å². The number of H-pyrrole nitrogens is 1. The number of carbonyl (C=O) groups is 2. The summed E-state index contributed by atoms with van der Waals surface area (Å²) < 4.78 is 0. The SMILES string of the molecule is Cc1ncc(C(=O)N2CCc3c(C(=O)NCCc4cnccn4)n[nH]c3C2)cn1. The highest BCUT2D eigenvalue weighted by Gasteiger charge is 2.28. The number of nitrogens with one attached hydrogen (secondary N) is 2. The number of aromatic nitrogens is 6. The molecule has 0 spiro atoms. The van der Waals surface area contributed by atoms with Crippen LogP contribution in [0.2, 0.25) is 0 Å². The summed E-state index contributed by atoms with van der Waals surface area (Å²) in [5.74, 6) is 0.240. The van der Waals surface area contributed by atoms with Gasteiger partial charge in [-0.25, -0.2) is 9.97 Å². The van der Waals surface area contributed by atoms with E-state index >= 15 is 0 Å². The first-order chi connectivity index (χ1) is 14.1. The first-order valence-corrected chi connectivity index (χ1v) is 9.29. The van der Waals surface area contributed by atoms with Gasteiger partial charge < -0.3 is 10.2 Å². The number of fused-ring (bicyclic) bond motifs is 1. The molecule has 0 saturated heterocycles. The maximum atomic E-state index is 12.7. The van der Waals surface area contributed by atoms with Crippen LogP contribution >= 0.6 is 0 Å². The van der Waals surface area contributed by atoms with Crippen LogP contribution in [0.4, 0.5) is 0 Å². The van der Waals surface area contributed by atoms with Crippen molar-refractivity contribution in [3.8, 4) is 0 Å². The zero-order valence-electron chi connectivity index (χ0n) is 15.9. The van der Waals surface area contributed by atoms with Crippen LogP contribution in [-0.2, 0) is 19.4 Å². The molecule has 3 aromatic rings. The molecule has 0 radical (unpaired) electrons. The van der Waals surface area contributed by atoms with Gasteiger partial charge in [-0.3, -0.25) is 24.7 Å². The highest BCUT2D eigenvalue weighted by atomic mass is 16.2. The van der Waals surface area contributed by atoms with Crippen LogP contribution in [0.3, 0.4) is 0 Å². The molecule has 1 aliphatic heterocycles. The summed E-state index contributed by atoms with van der Waals surface area (Å²) in [6, 6.07) is 0. The Morgan fingerprint density at radius 2 is 2.00 bits per heavy atom. The predicted molar refractivity (Wildman–Crippen MR) is 102 cm³/mol. The van der Waals surface area contributed by atoms with Crippen molar-refractivity contribution in [3.05, 3.63) is 65.0 Å². The van der Waals surface area contributed by atoms with Crippen molar-refractivity contribution in [2.75, 3.05) is 13.1 Å². The highest BCUT2D eigenvalue weighted by Crippen LogP contribution is 2.21. The third kappa shape index (κ3) is 4.10. The zero-order valence-corrected chi connectivity index (χ0v) is 15.9. The van der Waals surface area contributed by atoms with E-state index in [0.29, 0.717) is 49.6 Å². The number of nitrogens with zero attached hydrogens (tertiary/aromatic N) is 6. The van der Waals surface area contributed by atoms with Gasteiger partial charge in [-0.05, 0) is 13.3 Å². The van der Waals surface area contributed by atoms with Gasteiger partial charge in [0.15, 0.2) is 5.69 Å². The number of aromatic amines is 1. The Hall–Kier alpha value is -3.69. The molecule has 3 aromatic heterocycles. The number of aryl methyl sites for hydroxylation is 1. The van der Waals surface area contributed by atoms with Crippen molar-refractivity contribution in [2.24, 2.45) is 0 Å². The van der Waals surface area contributed by atoms with Crippen LogP contribution in [0.1, 0.15) is 43.6 Å². The van der Waals surface area contributed by atoms with Crippen molar-refractivity contribution in [1.82, 2.24) is 40.3 Å². The van der Waals surface area contributed by atoms with Crippen LogP contribution in [0, 0.1) is 6.92 Å². The average molecular weight is 392 g/mol. The van der Waals surface area contributed by atoms with E-state index < -0.39 is 0 Å². The van der Waals surface area contributed by atoms with Gasteiger partial charge in [0, 0.05) is 56.1 Å². The second kappa shape index (κ2) is 8.13. The lowest BCUT2D eigenvalue weighted by Crippen LogP contribution is -2.36. The van der Waals surface area contributed by atoms with E-state index in [-0.39, 0.29) is 11.8 Å². The third-order valence-electron chi connectivity index (χ3n) is 4.75. The second-order valence-corrected chi connectivity index (χ2v) is 6.73. The number of amides is 2. The first kappa shape index (κ1) is 18.7. The van der Waals surface area contributed by atoms with E-state index in [1.807, 2.05) is 0 Å². The predicted octanol–water partition coefficient (Wildman–Crippen LogP) is 0.469. The second-order valence-electron chi connectivity index (χ2n) is 6.73. The van der Waals surface area contributed by atoms with Gasteiger partial charge in [0.05, 0.1) is 23.5 Å². The monoisotopic (exact) mass is 392 g/mol. The van der Waals surface area contributed by atoms with Gasteiger partial charge in [0.2, 0.25) is 0 Å². The van der Waals surface area contributed by atoms with Gasteiger partial charge in [-0.1, -0.05) is 0 Å². The van der Waals surface area contributed by atoms with E-state index in [2.05, 4.69) is 35.5 Å². The average Bonchev–Trinajstić information content (AvgIpc) is 3.18. The largest absolute Gasteiger partial charge is 0.350 e. The molecule has 148 valence electrons. The Morgan fingerprint density at radius 1 is 1.17 bits per heavy atom. The molecule has 29 heavy (non-hydrogen) atoms. The normalized spacial score (nSPS) is 13.1. The molecule has 0 unspecified atom stereocenters. The van der Waals surface area contributed by atoms with E-state index in [4.69, 9.17) is 0 Å². The minimum absolute atomic E-state index is 0.139. The molecule has 4 rings (SSSR count). The molecule has 0 bridgehead atoms. The summed E-state index contributed by atoms with van der Waals surface area (Å²) in [5, 5.41) is 9.94. The minimum atomic E-state index is -0.238. The Balaban J connectivity index is 1.38. The molecule has 10 nitrogen and oxygen atoms in total. The summed E-state index contributed by atoms with van der Waals surface area (Å²) in [5.41, 5.74) is 3.26. The lowest BCUT2D eigenvalue weighted by molar-refractivity contribution is 0.0731. The highest BCUT2D eigenvalue weighted by molar-refractivity contribution is 5.95. The summed E-state index contributed by atoms with van der Waals surface area (Å²) in [7, 11) is 0. The molecule has 0 fully saturated rings. The molecule has 0 aromatic carbocycles. The molecular weight excluding hydrogens is 372 g/mol. The number of carbonyl (C=O) groups excluding carboxylic acids is 2. The molecule has 0 aliphatic carbocycles. The summed E-state index contributed by atoms with van der Waals surface area (Å²) in [4.78, 5) is 43.2. The van der Waals surface area contributed by atoms with Gasteiger partial charge in [-0.15, -0.1) is 0 Å². The smallest absolute Gasteiger partial charge is 0.272 e. The van der Waals surface area contributed by atoms with Crippen LogP contribution in [-0.4, -0.2) is 59.9 Å². The lowest BCUT2D eigenvalue weighted by Gasteiger charge is -2.26. The van der Waals surface area contributed by atoms with Crippen LogP contribution in [0.25, 0.3) is 0 Å². The Bertz CT molecular complexity index is 1020. The van der Waals surface area contributed by atoms with Crippen LogP contribution in [0.15, 0.2) is 31.0 Å². The number of hydrogen-bond donors (Lipinski definition) is 2. The number of rotatable bonds is 5. The summed E-state index contributed by atoms with van der Waals surface area (Å²) in [6.07, 6.45) is 9.11. The molecule has 4 heterocycles. The van der Waals surface area contributed by atoms with E-state index in [9.17, 15) is 9.59 Å². The van der Waals surface area contributed by atoms with E-state index in [1.165, 1.54) is 12.4 Å². The molecule has 2 amide bonds. The maximum absolute atomic E-state index is 12.7. The molecule has 1 aliphatic rings.